The van der Waals surface area contributed by atoms with Gasteiger partial charge in [-0.25, -0.2) is 8.42 Å². The number of nitrogens with one attached hydrogen (secondary N) is 1. The second kappa shape index (κ2) is 12.9. The molecule has 42 heavy (non-hydrogen) atoms. The van der Waals surface area contributed by atoms with Gasteiger partial charge in [-0.3, -0.25) is 9.59 Å². The molecular formula is C32H31N3O6S. The van der Waals surface area contributed by atoms with Crippen molar-refractivity contribution >= 4 is 27.5 Å². The Labute approximate surface area is 245 Å². The quantitative estimate of drug-likeness (QED) is 0.302. The summed E-state index contributed by atoms with van der Waals surface area (Å²) in [5, 5.41) is 2.87. The molecule has 0 aromatic heterocycles. The van der Waals surface area contributed by atoms with Gasteiger partial charge >= 0.3 is 0 Å². The average molecular weight is 586 g/mol. The second-order valence-electron chi connectivity index (χ2n) is 9.72. The highest BCUT2D eigenvalue weighted by Gasteiger charge is 2.36. The van der Waals surface area contributed by atoms with E-state index >= 15 is 0 Å². The first-order valence-corrected chi connectivity index (χ1v) is 14.8. The molecule has 0 spiro atoms. The molecule has 1 atom stereocenters. The topological polar surface area (TPSA) is 105 Å². The Hall–Kier alpha value is -4.67. The molecule has 1 aliphatic rings. The lowest BCUT2D eigenvalue weighted by Gasteiger charge is -2.35. The Morgan fingerprint density at radius 2 is 1.50 bits per heavy atom. The number of fused-ring (bicyclic) bond motifs is 1. The number of rotatable bonds is 10. The van der Waals surface area contributed by atoms with Gasteiger partial charge in [-0.05, 0) is 47.5 Å². The van der Waals surface area contributed by atoms with Crippen molar-refractivity contribution in [3.05, 3.63) is 120 Å². The van der Waals surface area contributed by atoms with E-state index in [0.29, 0.717) is 23.7 Å². The third-order valence-corrected chi connectivity index (χ3v) is 8.69. The summed E-state index contributed by atoms with van der Waals surface area (Å²) in [6, 6.07) is 31.5. The largest absolute Gasteiger partial charge is 0.497 e. The van der Waals surface area contributed by atoms with E-state index in [1.54, 1.807) is 48.5 Å². The number of benzene rings is 4. The SMILES string of the molecule is COc1ccc(S(=O)(=O)N(CC(=O)N2C[C@H](C(=O)NCc3ccccc3)Oc3ccccc32)Cc2ccccc2)cc1. The fourth-order valence-corrected chi connectivity index (χ4v) is 6.03. The van der Waals surface area contributed by atoms with Crippen LogP contribution < -0.4 is 19.7 Å². The molecule has 0 saturated carbocycles. The van der Waals surface area contributed by atoms with Crippen LogP contribution in [0.4, 0.5) is 5.69 Å². The van der Waals surface area contributed by atoms with Crippen LogP contribution in [0.15, 0.2) is 114 Å². The number of carbonyl (C=O) groups excluding carboxylic acids is 2. The first-order chi connectivity index (χ1) is 20.3. The molecular weight excluding hydrogens is 554 g/mol. The number of hydrogen-bond donors (Lipinski definition) is 1. The molecule has 0 radical (unpaired) electrons. The number of methoxy groups -OCH3 is 1. The highest BCUT2D eigenvalue weighted by molar-refractivity contribution is 7.89. The lowest BCUT2D eigenvalue weighted by Crippen LogP contribution is -2.52. The first-order valence-electron chi connectivity index (χ1n) is 13.4. The fourth-order valence-electron chi connectivity index (χ4n) is 4.65. The Balaban J connectivity index is 1.40. The molecule has 4 aromatic carbocycles. The predicted molar refractivity (Wildman–Crippen MR) is 159 cm³/mol. The van der Waals surface area contributed by atoms with E-state index in [1.807, 2.05) is 48.5 Å². The average Bonchev–Trinajstić information content (AvgIpc) is 3.03. The van der Waals surface area contributed by atoms with Crippen LogP contribution in [0.25, 0.3) is 0 Å². The Bertz CT molecular complexity index is 1630. The van der Waals surface area contributed by atoms with E-state index in [9.17, 15) is 18.0 Å². The van der Waals surface area contributed by atoms with Crippen LogP contribution in [0.5, 0.6) is 11.5 Å². The number of carbonyl (C=O) groups is 2. The third-order valence-electron chi connectivity index (χ3n) is 6.89. The van der Waals surface area contributed by atoms with Crippen LogP contribution >= 0.6 is 0 Å². The van der Waals surface area contributed by atoms with Gasteiger partial charge in [-0.2, -0.15) is 4.31 Å². The molecule has 1 N–H and O–H groups in total. The molecule has 1 aliphatic heterocycles. The molecule has 4 aromatic rings. The molecule has 0 unspecified atom stereocenters. The van der Waals surface area contributed by atoms with Crippen molar-refractivity contribution in [2.75, 3.05) is 25.1 Å². The highest BCUT2D eigenvalue weighted by Crippen LogP contribution is 2.34. The van der Waals surface area contributed by atoms with E-state index in [-0.39, 0.29) is 23.9 Å². The summed E-state index contributed by atoms with van der Waals surface area (Å²) in [7, 11) is -2.59. The number of amides is 2. The Morgan fingerprint density at radius 3 is 2.17 bits per heavy atom. The standard InChI is InChI=1S/C32H31N3O6S/c1-40-26-16-18-27(19-17-26)42(38,39)34(21-25-12-6-3-7-13-25)23-31(36)35-22-30(41-29-15-9-8-14-28(29)35)32(37)33-20-24-10-4-2-5-11-24/h2-19,30H,20-23H2,1H3,(H,33,37)/t30-/m1/s1. The Morgan fingerprint density at radius 1 is 0.881 bits per heavy atom. The summed E-state index contributed by atoms with van der Waals surface area (Å²) >= 11 is 0. The molecule has 2 amide bonds. The minimum absolute atomic E-state index is 0.0199. The zero-order chi connectivity index (χ0) is 29.5. The summed E-state index contributed by atoms with van der Waals surface area (Å²) in [5.41, 5.74) is 2.12. The molecule has 9 nitrogen and oxygen atoms in total. The normalized spacial score (nSPS) is 14.5. The van der Waals surface area contributed by atoms with Crippen molar-refractivity contribution < 1.29 is 27.5 Å². The van der Waals surface area contributed by atoms with Gasteiger partial charge in [0.1, 0.15) is 11.5 Å². The van der Waals surface area contributed by atoms with E-state index in [0.717, 1.165) is 15.4 Å². The predicted octanol–water partition coefficient (Wildman–Crippen LogP) is 4.00. The van der Waals surface area contributed by atoms with Crippen LogP contribution in [0.1, 0.15) is 11.1 Å². The number of para-hydroxylation sites is 2. The number of nitrogens with zero attached hydrogens (tertiary/aromatic N) is 2. The van der Waals surface area contributed by atoms with E-state index in [2.05, 4.69) is 5.32 Å². The van der Waals surface area contributed by atoms with Crippen molar-refractivity contribution in [2.45, 2.75) is 24.1 Å². The summed E-state index contributed by atoms with van der Waals surface area (Å²) in [6.45, 7) is -0.234. The lowest BCUT2D eigenvalue weighted by molar-refractivity contribution is -0.128. The molecule has 0 fully saturated rings. The highest BCUT2D eigenvalue weighted by atomic mass is 32.2. The maximum atomic E-state index is 13.9. The monoisotopic (exact) mass is 585 g/mol. The van der Waals surface area contributed by atoms with E-state index in [1.165, 1.54) is 24.1 Å². The molecule has 10 heteroatoms. The second-order valence-corrected chi connectivity index (χ2v) is 11.7. The van der Waals surface area contributed by atoms with Crippen molar-refractivity contribution in [3.63, 3.8) is 0 Å². The van der Waals surface area contributed by atoms with Gasteiger partial charge in [0.25, 0.3) is 5.91 Å². The Kier molecular flexibility index (Phi) is 8.85. The lowest BCUT2D eigenvalue weighted by atomic mass is 10.1. The maximum Gasteiger partial charge on any atom is 0.263 e. The first kappa shape index (κ1) is 28.8. The van der Waals surface area contributed by atoms with Gasteiger partial charge in [0, 0.05) is 13.1 Å². The van der Waals surface area contributed by atoms with Crippen molar-refractivity contribution in [1.29, 1.82) is 0 Å². The van der Waals surface area contributed by atoms with E-state index < -0.39 is 28.6 Å². The maximum absolute atomic E-state index is 13.9. The van der Waals surface area contributed by atoms with Crippen LogP contribution in [0, 0.1) is 0 Å². The van der Waals surface area contributed by atoms with Crippen LogP contribution in [0.3, 0.4) is 0 Å². The zero-order valence-electron chi connectivity index (χ0n) is 23.1. The number of ether oxygens (including phenoxy) is 2. The van der Waals surface area contributed by atoms with Gasteiger partial charge in [0.05, 0.1) is 30.8 Å². The van der Waals surface area contributed by atoms with Gasteiger partial charge in [0.2, 0.25) is 15.9 Å². The minimum atomic E-state index is -4.08. The minimum Gasteiger partial charge on any atom is -0.497 e. The summed E-state index contributed by atoms with van der Waals surface area (Å²) in [6.07, 6.45) is -0.978. The summed E-state index contributed by atoms with van der Waals surface area (Å²) in [5.74, 6) is 0.0171. The van der Waals surface area contributed by atoms with Crippen LogP contribution in [-0.2, 0) is 32.7 Å². The number of sulfonamides is 1. The van der Waals surface area contributed by atoms with Gasteiger partial charge in [-0.1, -0.05) is 72.8 Å². The van der Waals surface area contributed by atoms with Crippen LogP contribution in [0.2, 0.25) is 0 Å². The van der Waals surface area contributed by atoms with E-state index in [4.69, 9.17) is 9.47 Å². The van der Waals surface area contributed by atoms with Gasteiger partial charge < -0.3 is 19.7 Å². The smallest absolute Gasteiger partial charge is 0.263 e. The van der Waals surface area contributed by atoms with Crippen LogP contribution in [-0.4, -0.2) is 50.8 Å². The molecule has 5 rings (SSSR count). The van der Waals surface area contributed by atoms with Gasteiger partial charge in [0.15, 0.2) is 6.10 Å². The van der Waals surface area contributed by atoms with Crippen molar-refractivity contribution in [3.8, 4) is 11.5 Å². The number of anilines is 1. The third kappa shape index (κ3) is 6.62. The number of hydrogen-bond acceptors (Lipinski definition) is 6. The van der Waals surface area contributed by atoms with Crippen molar-refractivity contribution in [2.24, 2.45) is 0 Å². The van der Waals surface area contributed by atoms with Gasteiger partial charge in [-0.15, -0.1) is 0 Å². The summed E-state index contributed by atoms with van der Waals surface area (Å²) < 4.78 is 39.9. The molecule has 0 saturated heterocycles. The fraction of sp³-hybridized carbons (Fsp3) is 0.188. The summed E-state index contributed by atoms with van der Waals surface area (Å²) in [4.78, 5) is 28.5. The molecule has 0 bridgehead atoms. The van der Waals surface area contributed by atoms with Crippen molar-refractivity contribution in [1.82, 2.24) is 9.62 Å². The molecule has 1 heterocycles. The molecule has 0 aliphatic carbocycles. The zero-order valence-corrected chi connectivity index (χ0v) is 23.9. The molecule has 216 valence electrons.